The first-order valence-corrected chi connectivity index (χ1v) is 12.1. The van der Waals surface area contributed by atoms with E-state index in [1.54, 1.807) is 0 Å². The maximum absolute atomic E-state index is 13.6. The summed E-state index contributed by atoms with van der Waals surface area (Å²) in [6, 6.07) is 2.56. The molecule has 9 nitrogen and oxygen atoms in total. The molecule has 0 saturated carbocycles. The number of nitrogens with one attached hydrogen (secondary N) is 1. The highest BCUT2D eigenvalue weighted by Gasteiger charge is 2.39. The number of piperidine rings is 1. The van der Waals surface area contributed by atoms with Crippen LogP contribution in [-0.2, 0) is 4.79 Å². The number of fused-ring (bicyclic) bond motifs is 1. The minimum atomic E-state index is -0.107. The van der Waals surface area contributed by atoms with Gasteiger partial charge in [0.25, 0.3) is 0 Å². The molecular weight excluding hydrogens is 404 g/mol. The highest BCUT2D eigenvalue weighted by molar-refractivity contribution is 5.82. The van der Waals surface area contributed by atoms with Gasteiger partial charge in [0.15, 0.2) is 5.65 Å². The van der Waals surface area contributed by atoms with E-state index in [1.165, 1.54) is 0 Å². The van der Waals surface area contributed by atoms with Crippen molar-refractivity contribution in [3.8, 4) is 0 Å². The van der Waals surface area contributed by atoms with E-state index >= 15 is 0 Å². The van der Waals surface area contributed by atoms with Crippen molar-refractivity contribution in [2.24, 2.45) is 5.73 Å². The summed E-state index contributed by atoms with van der Waals surface area (Å²) >= 11 is 0. The van der Waals surface area contributed by atoms with Gasteiger partial charge in [-0.3, -0.25) is 10.2 Å². The predicted octanol–water partition coefficient (Wildman–Crippen LogP) is 1.62. The van der Waals surface area contributed by atoms with Crippen molar-refractivity contribution in [3.63, 3.8) is 0 Å². The first-order chi connectivity index (χ1) is 15.4. The fourth-order valence-corrected chi connectivity index (χ4v) is 5.56. The lowest BCUT2D eigenvalue weighted by Crippen LogP contribution is -2.49. The number of amides is 1. The summed E-state index contributed by atoms with van der Waals surface area (Å²) in [7, 11) is 1.99. The maximum atomic E-state index is 13.6. The average molecular weight is 441 g/mol. The van der Waals surface area contributed by atoms with Gasteiger partial charge in [-0.25, -0.2) is 14.5 Å². The van der Waals surface area contributed by atoms with Gasteiger partial charge in [0, 0.05) is 56.6 Å². The molecule has 2 aromatic rings. The summed E-state index contributed by atoms with van der Waals surface area (Å²) in [5.74, 6) is 1.21. The number of likely N-dealkylation sites (N-methyl/N-ethyl adjacent to an activating group) is 1. The van der Waals surface area contributed by atoms with Crippen LogP contribution in [0.4, 0.5) is 5.82 Å². The Morgan fingerprint density at radius 2 is 2.12 bits per heavy atom. The van der Waals surface area contributed by atoms with E-state index in [-0.39, 0.29) is 24.0 Å². The Kier molecular flexibility index (Phi) is 5.81. The highest BCUT2D eigenvalue weighted by atomic mass is 16.2. The van der Waals surface area contributed by atoms with Crippen molar-refractivity contribution in [2.45, 2.75) is 76.5 Å². The van der Waals surface area contributed by atoms with Gasteiger partial charge >= 0.3 is 0 Å². The number of carbonyl (C=O) groups excluding carboxylic acids is 1. The molecule has 32 heavy (non-hydrogen) atoms. The summed E-state index contributed by atoms with van der Waals surface area (Å²) in [5, 5.41) is 6.88. The molecule has 1 amide bonds. The quantitative estimate of drug-likeness (QED) is 0.746. The summed E-state index contributed by atoms with van der Waals surface area (Å²) in [6.07, 6.45) is 8.06. The van der Waals surface area contributed by atoms with Crippen molar-refractivity contribution < 1.29 is 4.79 Å². The lowest BCUT2D eigenvalue weighted by molar-refractivity contribution is -0.140. The largest absolute Gasteiger partial charge is 0.355 e. The van der Waals surface area contributed by atoms with Crippen LogP contribution in [0.3, 0.4) is 0 Å². The Labute approximate surface area is 189 Å². The zero-order chi connectivity index (χ0) is 22.4. The summed E-state index contributed by atoms with van der Waals surface area (Å²) in [5.41, 5.74) is 12.4. The third-order valence-electron chi connectivity index (χ3n) is 7.41. The molecule has 3 N–H and O–H groups in total. The van der Waals surface area contributed by atoms with Crippen LogP contribution < -0.4 is 16.1 Å². The molecule has 174 valence electrons. The number of aromatic nitrogens is 3. The maximum Gasteiger partial charge on any atom is 0.241 e. The minimum Gasteiger partial charge on any atom is -0.355 e. The van der Waals surface area contributed by atoms with Crippen LogP contribution in [0.25, 0.3) is 5.65 Å². The summed E-state index contributed by atoms with van der Waals surface area (Å²) in [6.45, 7) is 6.83. The molecule has 0 bridgehead atoms. The smallest absolute Gasteiger partial charge is 0.241 e. The number of rotatable bonds is 4. The number of anilines is 1. The Morgan fingerprint density at radius 1 is 1.28 bits per heavy atom. The molecule has 0 radical (unpaired) electrons. The van der Waals surface area contributed by atoms with Crippen molar-refractivity contribution in [1.29, 1.82) is 0 Å². The Morgan fingerprint density at radius 3 is 2.84 bits per heavy atom. The topological polar surface area (TPSA) is 95.0 Å². The van der Waals surface area contributed by atoms with Crippen LogP contribution >= 0.6 is 0 Å². The molecule has 3 aliphatic heterocycles. The SMILES string of the molecule is CCC1CC(C(=O)N2CCCC[C@H]2c2cc3nc(N4CC[C@H](N)C4)c(C)cn3n2)N(C)N1. The average Bonchev–Trinajstić information content (AvgIpc) is 3.50. The molecular formula is C23H36N8O. The van der Waals surface area contributed by atoms with Gasteiger partial charge in [-0.1, -0.05) is 6.92 Å². The second-order valence-electron chi connectivity index (χ2n) is 9.75. The standard InChI is InChI=1S/C23H36N8O/c1-4-17-11-20(28(3)26-17)23(32)30-9-6-5-7-19(30)18-12-21-25-22(15(2)13-31(21)27-18)29-10-8-16(24)14-29/h12-13,16-17,19-20,26H,4-11,14,24H2,1-3H3/t16-,17?,19-,20?/m0/s1. The molecule has 0 aromatic carbocycles. The highest BCUT2D eigenvalue weighted by Crippen LogP contribution is 2.33. The number of nitrogens with two attached hydrogens (primary N) is 1. The molecule has 0 spiro atoms. The number of likely N-dealkylation sites (tertiary alicyclic amines) is 1. The zero-order valence-corrected chi connectivity index (χ0v) is 19.5. The van der Waals surface area contributed by atoms with Crippen LogP contribution in [-0.4, -0.2) is 75.2 Å². The number of carbonyl (C=O) groups is 1. The van der Waals surface area contributed by atoms with Gasteiger partial charge in [-0.15, -0.1) is 0 Å². The van der Waals surface area contributed by atoms with E-state index in [2.05, 4.69) is 41.3 Å². The summed E-state index contributed by atoms with van der Waals surface area (Å²) < 4.78 is 1.87. The van der Waals surface area contributed by atoms with Crippen LogP contribution in [0.1, 0.15) is 62.7 Å². The lowest BCUT2D eigenvalue weighted by atomic mass is 9.97. The van der Waals surface area contributed by atoms with E-state index in [0.717, 1.165) is 80.9 Å². The fraction of sp³-hybridized carbons (Fsp3) is 0.696. The molecule has 0 aliphatic carbocycles. The van der Waals surface area contributed by atoms with Crippen molar-refractivity contribution in [3.05, 3.63) is 23.5 Å². The molecule has 2 aromatic heterocycles. The van der Waals surface area contributed by atoms with Crippen LogP contribution in [0.2, 0.25) is 0 Å². The van der Waals surface area contributed by atoms with Gasteiger partial charge in [-0.05, 0) is 45.4 Å². The van der Waals surface area contributed by atoms with E-state index in [4.69, 9.17) is 15.8 Å². The third kappa shape index (κ3) is 3.86. The molecule has 2 unspecified atom stereocenters. The monoisotopic (exact) mass is 440 g/mol. The number of hydrogen-bond donors (Lipinski definition) is 2. The van der Waals surface area contributed by atoms with Crippen molar-refractivity contribution in [2.75, 3.05) is 31.6 Å². The molecule has 5 rings (SSSR count). The van der Waals surface area contributed by atoms with Crippen LogP contribution in [0.15, 0.2) is 12.3 Å². The van der Waals surface area contributed by atoms with Gasteiger partial charge in [0.05, 0.1) is 11.7 Å². The minimum absolute atomic E-state index is 0.0102. The van der Waals surface area contributed by atoms with Gasteiger partial charge < -0.3 is 15.5 Å². The first-order valence-electron chi connectivity index (χ1n) is 12.1. The third-order valence-corrected chi connectivity index (χ3v) is 7.41. The number of hydrazine groups is 1. The first kappa shape index (κ1) is 21.6. The van der Waals surface area contributed by atoms with Crippen LogP contribution in [0, 0.1) is 6.92 Å². The Balaban J connectivity index is 1.42. The van der Waals surface area contributed by atoms with E-state index < -0.39 is 0 Å². The van der Waals surface area contributed by atoms with Gasteiger partial charge in [0.2, 0.25) is 5.91 Å². The number of aryl methyl sites for hydroxylation is 1. The Bertz CT molecular complexity index is 990. The normalized spacial score (nSPS) is 29.4. The second kappa shape index (κ2) is 8.61. The lowest BCUT2D eigenvalue weighted by Gasteiger charge is -2.37. The predicted molar refractivity (Wildman–Crippen MR) is 124 cm³/mol. The van der Waals surface area contributed by atoms with E-state index in [0.29, 0.717) is 6.04 Å². The molecule has 4 atom stereocenters. The van der Waals surface area contributed by atoms with Crippen molar-refractivity contribution >= 4 is 17.4 Å². The zero-order valence-electron chi connectivity index (χ0n) is 19.5. The Hall–Kier alpha value is -2.23. The van der Waals surface area contributed by atoms with E-state index in [1.807, 2.05) is 16.6 Å². The molecule has 3 fully saturated rings. The molecule has 5 heterocycles. The van der Waals surface area contributed by atoms with Gasteiger partial charge in [-0.2, -0.15) is 5.10 Å². The second-order valence-corrected chi connectivity index (χ2v) is 9.75. The fourth-order valence-electron chi connectivity index (χ4n) is 5.56. The van der Waals surface area contributed by atoms with Crippen LogP contribution in [0.5, 0.6) is 0 Å². The molecule has 9 heteroatoms. The summed E-state index contributed by atoms with van der Waals surface area (Å²) in [4.78, 5) is 22.8. The van der Waals surface area contributed by atoms with E-state index in [9.17, 15) is 4.79 Å². The number of nitrogens with zero attached hydrogens (tertiary/aromatic N) is 6. The molecule has 3 aliphatic rings. The number of hydrogen-bond acceptors (Lipinski definition) is 7. The molecule has 3 saturated heterocycles. The van der Waals surface area contributed by atoms with Gasteiger partial charge in [0.1, 0.15) is 11.9 Å². The van der Waals surface area contributed by atoms with Crippen molar-refractivity contribution in [1.82, 2.24) is 29.9 Å².